The zero-order valence-electron chi connectivity index (χ0n) is 17.6. The maximum absolute atomic E-state index is 12.8. The van der Waals surface area contributed by atoms with Crippen LogP contribution in [0.2, 0.25) is 0 Å². The molecule has 2 rings (SSSR count). The topological polar surface area (TPSA) is 93.7 Å². The normalized spacial score (nSPS) is 12.3. The third kappa shape index (κ3) is 6.65. The highest BCUT2D eigenvalue weighted by atomic mass is 32.2. The smallest absolute Gasteiger partial charge is 0.241 e. The summed E-state index contributed by atoms with van der Waals surface area (Å²) in [6, 6.07) is 10.9. The lowest BCUT2D eigenvalue weighted by atomic mass is 10.1. The summed E-state index contributed by atoms with van der Waals surface area (Å²) in [5.41, 5.74) is 1.72. The second-order valence-electron chi connectivity index (χ2n) is 6.66. The fourth-order valence-corrected chi connectivity index (χ4v) is 4.46. The van der Waals surface area contributed by atoms with Crippen LogP contribution in [0.3, 0.4) is 0 Å². The number of carbonyl (C=O) groups excluding carboxylic acids is 1. The van der Waals surface area contributed by atoms with E-state index < -0.39 is 22.0 Å². The van der Waals surface area contributed by atoms with Gasteiger partial charge < -0.3 is 14.8 Å². The molecule has 0 radical (unpaired) electrons. The van der Waals surface area contributed by atoms with Gasteiger partial charge in [0.2, 0.25) is 15.9 Å². The van der Waals surface area contributed by atoms with Crippen molar-refractivity contribution in [2.75, 3.05) is 26.2 Å². The summed E-state index contributed by atoms with van der Waals surface area (Å²) in [5, 5.41) is 2.81. The van der Waals surface area contributed by atoms with Gasteiger partial charge in [-0.05, 0) is 49.6 Å². The molecular formula is C21H28N2O5S2. The van der Waals surface area contributed by atoms with Crippen LogP contribution in [-0.4, -0.2) is 46.6 Å². The molecule has 0 fully saturated rings. The first kappa shape index (κ1) is 24.0. The van der Waals surface area contributed by atoms with Gasteiger partial charge in [0.1, 0.15) is 17.5 Å². The van der Waals surface area contributed by atoms with Crippen LogP contribution in [-0.2, 0) is 21.4 Å². The SMILES string of the molecule is COc1ccc(CNC(=O)C(CCSC)NS(=O)(=O)c2ccc(C)cc2)c(OC)c1. The number of aryl methyl sites for hydroxylation is 1. The molecule has 0 aliphatic rings. The van der Waals surface area contributed by atoms with E-state index in [-0.39, 0.29) is 11.4 Å². The van der Waals surface area contributed by atoms with Crippen LogP contribution in [0.15, 0.2) is 47.4 Å². The molecule has 9 heteroatoms. The molecule has 2 aromatic carbocycles. The van der Waals surface area contributed by atoms with Gasteiger partial charge in [-0.25, -0.2) is 8.42 Å². The quantitative estimate of drug-likeness (QED) is 0.545. The molecule has 0 heterocycles. The Bertz CT molecular complexity index is 946. The molecule has 0 aliphatic heterocycles. The van der Waals surface area contributed by atoms with Crippen LogP contribution >= 0.6 is 11.8 Å². The first-order valence-electron chi connectivity index (χ1n) is 9.37. The number of benzene rings is 2. The molecule has 30 heavy (non-hydrogen) atoms. The summed E-state index contributed by atoms with van der Waals surface area (Å²) in [4.78, 5) is 12.9. The predicted octanol–water partition coefficient (Wildman–Crippen LogP) is 2.73. The molecule has 0 spiro atoms. The number of hydrogen-bond donors (Lipinski definition) is 2. The standard InChI is InChI=1S/C21H28N2O5S2/c1-15-5-9-18(10-6-15)30(25,26)23-19(11-12-29-4)21(24)22-14-16-7-8-17(27-2)13-20(16)28-3/h5-10,13,19,23H,11-12,14H2,1-4H3,(H,22,24). The molecule has 7 nitrogen and oxygen atoms in total. The molecule has 0 saturated heterocycles. The minimum atomic E-state index is -3.82. The van der Waals surface area contributed by atoms with Crippen molar-refractivity contribution in [3.8, 4) is 11.5 Å². The fourth-order valence-electron chi connectivity index (χ4n) is 2.76. The third-order valence-electron chi connectivity index (χ3n) is 4.50. The van der Waals surface area contributed by atoms with Crippen molar-refractivity contribution in [3.05, 3.63) is 53.6 Å². The largest absolute Gasteiger partial charge is 0.497 e. The van der Waals surface area contributed by atoms with Crippen LogP contribution in [0.25, 0.3) is 0 Å². The number of sulfonamides is 1. The Morgan fingerprint density at radius 2 is 1.80 bits per heavy atom. The van der Waals surface area contributed by atoms with Gasteiger partial charge in [0, 0.05) is 18.2 Å². The van der Waals surface area contributed by atoms with Gasteiger partial charge in [-0.2, -0.15) is 16.5 Å². The van der Waals surface area contributed by atoms with Crippen LogP contribution < -0.4 is 19.5 Å². The van der Waals surface area contributed by atoms with E-state index in [0.29, 0.717) is 23.7 Å². The van der Waals surface area contributed by atoms with Crippen LogP contribution in [0.1, 0.15) is 17.5 Å². The van der Waals surface area contributed by atoms with E-state index in [1.807, 2.05) is 13.2 Å². The minimum Gasteiger partial charge on any atom is -0.497 e. The molecule has 1 unspecified atom stereocenters. The highest BCUT2D eigenvalue weighted by Crippen LogP contribution is 2.24. The highest BCUT2D eigenvalue weighted by Gasteiger charge is 2.25. The number of rotatable bonds is 11. The van der Waals surface area contributed by atoms with E-state index in [9.17, 15) is 13.2 Å². The van der Waals surface area contributed by atoms with Crippen molar-refractivity contribution < 1.29 is 22.7 Å². The third-order valence-corrected chi connectivity index (χ3v) is 6.63. The number of methoxy groups -OCH3 is 2. The van der Waals surface area contributed by atoms with Gasteiger partial charge in [0.05, 0.1) is 19.1 Å². The molecule has 1 amide bonds. The maximum atomic E-state index is 12.8. The first-order chi connectivity index (χ1) is 14.3. The maximum Gasteiger partial charge on any atom is 0.241 e. The van der Waals surface area contributed by atoms with E-state index in [2.05, 4.69) is 10.0 Å². The van der Waals surface area contributed by atoms with Crippen LogP contribution in [0.5, 0.6) is 11.5 Å². The molecular weight excluding hydrogens is 424 g/mol. The molecule has 2 aromatic rings. The average Bonchev–Trinajstić information content (AvgIpc) is 2.75. The zero-order valence-corrected chi connectivity index (χ0v) is 19.2. The van der Waals surface area contributed by atoms with E-state index in [4.69, 9.17) is 9.47 Å². The lowest BCUT2D eigenvalue weighted by Crippen LogP contribution is -2.46. The summed E-state index contributed by atoms with van der Waals surface area (Å²) in [7, 11) is -0.717. The second kappa shape index (κ2) is 11.2. The van der Waals surface area contributed by atoms with Crippen molar-refractivity contribution >= 4 is 27.7 Å². The monoisotopic (exact) mass is 452 g/mol. The second-order valence-corrected chi connectivity index (χ2v) is 9.36. The van der Waals surface area contributed by atoms with Crippen molar-refractivity contribution in [2.45, 2.75) is 30.8 Å². The summed E-state index contributed by atoms with van der Waals surface area (Å²) in [6.07, 6.45) is 2.28. The number of ether oxygens (including phenoxy) is 2. The zero-order chi connectivity index (χ0) is 22.1. The molecule has 0 saturated carbocycles. The van der Waals surface area contributed by atoms with E-state index >= 15 is 0 Å². The first-order valence-corrected chi connectivity index (χ1v) is 12.2. The van der Waals surface area contributed by atoms with Gasteiger partial charge in [-0.1, -0.05) is 17.7 Å². The molecule has 0 aliphatic carbocycles. The molecule has 164 valence electrons. The fraction of sp³-hybridized carbons (Fsp3) is 0.381. The molecule has 2 N–H and O–H groups in total. The number of carbonyl (C=O) groups is 1. The van der Waals surface area contributed by atoms with Gasteiger partial charge in [0.15, 0.2) is 0 Å². The van der Waals surface area contributed by atoms with Crippen molar-refractivity contribution in [3.63, 3.8) is 0 Å². The van der Waals surface area contributed by atoms with Crippen molar-refractivity contribution in [1.29, 1.82) is 0 Å². The molecule has 1 atom stereocenters. The Labute approximate surface area is 182 Å². The van der Waals surface area contributed by atoms with Gasteiger partial charge >= 0.3 is 0 Å². The summed E-state index contributed by atoms with van der Waals surface area (Å²) < 4.78 is 38.5. The van der Waals surface area contributed by atoms with E-state index in [1.165, 1.54) is 19.2 Å². The predicted molar refractivity (Wildman–Crippen MR) is 120 cm³/mol. The van der Waals surface area contributed by atoms with Crippen molar-refractivity contribution in [1.82, 2.24) is 10.0 Å². The number of amides is 1. The Kier molecular flexibility index (Phi) is 9.01. The van der Waals surface area contributed by atoms with Gasteiger partial charge in [0.25, 0.3) is 0 Å². The lowest BCUT2D eigenvalue weighted by molar-refractivity contribution is -0.122. The van der Waals surface area contributed by atoms with E-state index in [0.717, 1.165) is 11.1 Å². The highest BCUT2D eigenvalue weighted by molar-refractivity contribution is 7.98. The Balaban J connectivity index is 2.12. The Morgan fingerprint density at radius 1 is 1.10 bits per heavy atom. The number of thioether (sulfide) groups is 1. The Morgan fingerprint density at radius 3 is 2.40 bits per heavy atom. The number of hydrogen-bond acceptors (Lipinski definition) is 6. The van der Waals surface area contributed by atoms with Gasteiger partial charge in [-0.15, -0.1) is 0 Å². The Hall–Kier alpha value is -2.23. The average molecular weight is 453 g/mol. The lowest BCUT2D eigenvalue weighted by Gasteiger charge is -2.19. The van der Waals surface area contributed by atoms with Crippen molar-refractivity contribution in [2.24, 2.45) is 0 Å². The van der Waals surface area contributed by atoms with Crippen LogP contribution in [0, 0.1) is 6.92 Å². The summed E-state index contributed by atoms with van der Waals surface area (Å²) in [6.45, 7) is 2.08. The molecule has 0 aromatic heterocycles. The minimum absolute atomic E-state index is 0.131. The van der Waals surface area contributed by atoms with Crippen LogP contribution in [0.4, 0.5) is 0 Å². The summed E-state index contributed by atoms with van der Waals surface area (Å²) >= 11 is 1.55. The summed E-state index contributed by atoms with van der Waals surface area (Å²) in [5.74, 6) is 1.47. The number of nitrogens with one attached hydrogen (secondary N) is 2. The van der Waals surface area contributed by atoms with E-state index in [1.54, 1.807) is 49.2 Å². The van der Waals surface area contributed by atoms with Gasteiger partial charge in [-0.3, -0.25) is 4.79 Å². The molecule has 0 bridgehead atoms.